The monoisotopic (exact) mass is 407 g/mol. The Morgan fingerprint density at radius 2 is 2.00 bits per heavy atom. The molecule has 6 heteroatoms. The molecule has 27 heavy (non-hydrogen) atoms. The second-order valence-corrected chi connectivity index (χ2v) is 7.59. The van der Waals surface area contributed by atoms with Crippen LogP contribution in [0.4, 0.5) is 0 Å². The molecule has 1 unspecified atom stereocenters. The number of benzene rings is 2. The molecular formula is C21H23Cl2NO3. The zero-order valence-electron chi connectivity index (χ0n) is 15.3. The lowest BCUT2D eigenvalue weighted by Gasteiger charge is -2.26. The minimum Gasteiger partial charge on any atom is -0.484 e. The topological polar surface area (TPSA) is 38.8 Å². The van der Waals surface area contributed by atoms with Gasteiger partial charge in [-0.1, -0.05) is 47.0 Å². The van der Waals surface area contributed by atoms with E-state index in [1.165, 1.54) is 0 Å². The number of ether oxygens (including phenoxy) is 2. The Labute approximate surface area is 170 Å². The molecule has 0 saturated carbocycles. The van der Waals surface area contributed by atoms with E-state index in [1.54, 1.807) is 17.0 Å². The predicted molar refractivity (Wildman–Crippen MR) is 108 cm³/mol. The lowest BCUT2D eigenvalue weighted by molar-refractivity contribution is -0.135. The first kappa shape index (κ1) is 20.0. The predicted octanol–water partition coefficient (Wildman–Crippen LogP) is 4.89. The fourth-order valence-electron chi connectivity index (χ4n) is 3.02. The molecule has 0 bridgehead atoms. The van der Waals surface area contributed by atoms with E-state index in [0.29, 0.717) is 28.9 Å². The number of carbonyl (C=O) groups is 1. The summed E-state index contributed by atoms with van der Waals surface area (Å²) in [5.41, 5.74) is 1.99. The number of halogens is 2. The van der Waals surface area contributed by atoms with Gasteiger partial charge in [0.2, 0.25) is 0 Å². The summed E-state index contributed by atoms with van der Waals surface area (Å²) >= 11 is 12.3. The van der Waals surface area contributed by atoms with Crippen molar-refractivity contribution in [1.82, 2.24) is 4.90 Å². The van der Waals surface area contributed by atoms with Crippen molar-refractivity contribution in [2.75, 3.05) is 19.8 Å². The Balaban J connectivity index is 1.67. The van der Waals surface area contributed by atoms with Crippen molar-refractivity contribution in [2.24, 2.45) is 0 Å². The molecule has 1 atom stereocenters. The Morgan fingerprint density at radius 3 is 2.67 bits per heavy atom. The molecule has 0 aromatic heterocycles. The van der Waals surface area contributed by atoms with Crippen LogP contribution in [0.25, 0.3) is 0 Å². The third-order valence-electron chi connectivity index (χ3n) is 4.56. The molecular weight excluding hydrogens is 385 g/mol. The van der Waals surface area contributed by atoms with Crippen LogP contribution in [-0.2, 0) is 16.1 Å². The third kappa shape index (κ3) is 5.86. The second kappa shape index (κ2) is 9.45. The normalized spacial score (nSPS) is 16.3. The molecule has 144 valence electrons. The van der Waals surface area contributed by atoms with Gasteiger partial charge in [0.1, 0.15) is 5.75 Å². The van der Waals surface area contributed by atoms with Crippen molar-refractivity contribution in [3.05, 3.63) is 63.6 Å². The minimum absolute atomic E-state index is 0.0268. The number of rotatable bonds is 7. The van der Waals surface area contributed by atoms with E-state index in [9.17, 15) is 4.79 Å². The maximum Gasteiger partial charge on any atom is 0.260 e. The van der Waals surface area contributed by atoms with Crippen LogP contribution in [0, 0.1) is 6.92 Å². The van der Waals surface area contributed by atoms with Crippen LogP contribution in [0.5, 0.6) is 5.75 Å². The first-order valence-electron chi connectivity index (χ1n) is 9.04. The van der Waals surface area contributed by atoms with E-state index < -0.39 is 0 Å². The number of hydrogen-bond donors (Lipinski definition) is 0. The van der Waals surface area contributed by atoms with Crippen LogP contribution in [0.15, 0.2) is 42.5 Å². The van der Waals surface area contributed by atoms with Gasteiger partial charge < -0.3 is 14.4 Å². The fraction of sp³-hybridized carbons (Fsp3) is 0.381. The Bertz CT molecular complexity index is 773. The highest BCUT2D eigenvalue weighted by Gasteiger charge is 2.23. The first-order chi connectivity index (χ1) is 13.0. The van der Waals surface area contributed by atoms with Crippen LogP contribution < -0.4 is 4.74 Å². The molecule has 1 saturated heterocycles. The molecule has 0 radical (unpaired) electrons. The largest absolute Gasteiger partial charge is 0.484 e. The summed E-state index contributed by atoms with van der Waals surface area (Å²) in [6.45, 7) is 3.64. The van der Waals surface area contributed by atoms with E-state index in [-0.39, 0.29) is 18.6 Å². The maximum absolute atomic E-state index is 12.8. The highest BCUT2D eigenvalue weighted by molar-refractivity contribution is 6.35. The van der Waals surface area contributed by atoms with E-state index in [0.717, 1.165) is 30.6 Å². The summed E-state index contributed by atoms with van der Waals surface area (Å²) in [5.74, 6) is 0.577. The van der Waals surface area contributed by atoms with Gasteiger partial charge in [-0.05, 0) is 49.6 Å². The van der Waals surface area contributed by atoms with Gasteiger partial charge in [-0.15, -0.1) is 0 Å². The Morgan fingerprint density at radius 1 is 1.22 bits per heavy atom. The van der Waals surface area contributed by atoms with E-state index >= 15 is 0 Å². The fourth-order valence-corrected chi connectivity index (χ4v) is 3.48. The van der Waals surface area contributed by atoms with Gasteiger partial charge in [0, 0.05) is 29.7 Å². The van der Waals surface area contributed by atoms with E-state index in [2.05, 4.69) is 0 Å². The van der Waals surface area contributed by atoms with Gasteiger partial charge in [0.25, 0.3) is 5.91 Å². The van der Waals surface area contributed by atoms with Crippen LogP contribution >= 0.6 is 23.2 Å². The standard InChI is InChI=1S/C21H23Cl2NO3/c1-15-4-8-18(9-5-15)27-14-21(25)24(13-19-3-2-10-26-19)12-16-6-7-17(22)11-20(16)23/h4-9,11,19H,2-3,10,12-14H2,1H3. The summed E-state index contributed by atoms with van der Waals surface area (Å²) < 4.78 is 11.4. The molecule has 1 heterocycles. The van der Waals surface area contributed by atoms with Crippen molar-refractivity contribution < 1.29 is 14.3 Å². The molecule has 1 fully saturated rings. The van der Waals surface area contributed by atoms with Crippen molar-refractivity contribution in [3.8, 4) is 5.75 Å². The molecule has 0 aliphatic carbocycles. The quantitative estimate of drug-likeness (QED) is 0.655. The number of carbonyl (C=O) groups excluding carboxylic acids is 1. The third-order valence-corrected chi connectivity index (χ3v) is 5.15. The molecule has 0 spiro atoms. The summed E-state index contributed by atoms with van der Waals surface area (Å²) in [4.78, 5) is 14.6. The van der Waals surface area contributed by atoms with Crippen molar-refractivity contribution in [1.29, 1.82) is 0 Å². The molecule has 0 N–H and O–H groups in total. The number of amides is 1. The summed E-state index contributed by atoms with van der Waals surface area (Å²) in [7, 11) is 0. The van der Waals surface area contributed by atoms with Crippen LogP contribution in [0.2, 0.25) is 10.0 Å². The molecule has 1 aliphatic heterocycles. The van der Waals surface area contributed by atoms with Crippen molar-refractivity contribution >= 4 is 29.1 Å². The zero-order chi connectivity index (χ0) is 19.2. The van der Waals surface area contributed by atoms with E-state index in [4.69, 9.17) is 32.7 Å². The summed E-state index contributed by atoms with van der Waals surface area (Å²) in [6, 6.07) is 13.0. The number of hydrogen-bond acceptors (Lipinski definition) is 3. The molecule has 2 aromatic carbocycles. The smallest absolute Gasteiger partial charge is 0.260 e. The molecule has 2 aromatic rings. The van der Waals surface area contributed by atoms with Gasteiger partial charge in [-0.25, -0.2) is 0 Å². The number of aryl methyl sites for hydroxylation is 1. The SMILES string of the molecule is Cc1ccc(OCC(=O)N(Cc2ccc(Cl)cc2Cl)CC2CCCO2)cc1. The second-order valence-electron chi connectivity index (χ2n) is 6.75. The minimum atomic E-state index is -0.0999. The summed E-state index contributed by atoms with van der Waals surface area (Å²) in [5, 5.41) is 1.12. The van der Waals surface area contributed by atoms with Gasteiger partial charge in [0.05, 0.1) is 6.10 Å². The number of nitrogens with zero attached hydrogens (tertiary/aromatic N) is 1. The highest BCUT2D eigenvalue weighted by atomic mass is 35.5. The van der Waals surface area contributed by atoms with Crippen molar-refractivity contribution in [2.45, 2.75) is 32.4 Å². The Kier molecular flexibility index (Phi) is 7.00. The molecule has 1 aliphatic rings. The zero-order valence-corrected chi connectivity index (χ0v) is 16.8. The van der Waals surface area contributed by atoms with Crippen LogP contribution in [0.3, 0.4) is 0 Å². The summed E-state index contributed by atoms with van der Waals surface area (Å²) in [6.07, 6.45) is 2.03. The molecule has 4 nitrogen and oxygen atoms in total. The maximum atomic E-state index is 12.8. The van der Waals surface area contributed by atoms with Gasteiger partial charge in [0.15, 0.2) is 6.61 Å². The van der Waals surface area contributed by atoms with E-state index in [1.807, 2.05) is 37.3 Å². The van der Waals surface area contributed by atoms with Crippen LogP contribution in [0.1, 0.15) is 24.0 Å². The van der Waals surface area contributed by atoms with Gasteiger partial charge >= 0.3 is 0 Å². The molecule has 1 amide bonds. The highest BCUT2D eigenvalue weighted by Crippen LogP contribution is 2.23. The van der Waals surface area contributed by atoms with Crippen molar-refractivity contribution in [3.63, 3.8) is 0 Å². The first-order valence-corrected chi connectivity index (χ1v) is 9.79. The average Bonchev–Trinajstić information content (AvgIpc) is 3.15. The van der Waals surface area contributed by atoms with Gasteiger partial charge in [-0.3, -0.25) is 4.79 Å². The lowest BCUT2D eigenvalue weighted by atomic mass is 10.1. The molecule has 3 rings (SSSR count). The van der Waals surface area contributed by atoms with Gasteiger partial charge in [-0.2, -0.15) is 0 Å². The van der Waals surface area contributed by atoms with Crippen LogP contribution in [-0.4, -0.2) is 36.7 Å². The average molecular weight is 408 g/mol. The lowest BCUT2D eigenvalue weighted by Crippen LogP contribution is -2.39. The Hall–Kier alpha value is -1.75.